The lowest BCUT2D eigenvalue weighted by atomic mass is 10.1. The number of esters is 2. The summed E-state index contributed by atoms with van der Waals surface area (Å²) >= 11 is 0. The van der Waals surface area contributed by atoms with Crippen LogP contribution in [0.25, 0.3) is 11.3 Å². The van der Waals surface area contributed by atoms with Crippen LogP contribution < -0.4 is 0 Å². The fraction of sp³-hybridized carbons (Fsp3) is 0.200. The number of benzene rings is 1. The molecular formula is C15H15NO4. The van der Waals surface area contributed by atoms with Crippen molar-refractivity contribution in [2.45, 2.75) is 6.92 Å². The molecule has 104 valence electrons. The van der Waals surface area contributed by atoms with Gasteiger partial charge in [-0.2, -0.15) is 0 Å². The Morgan fingerprint density at radius 2 is 1.70 bits per heavy atom. The van der Waals surface area contributed by atoms with Crippen LogP contribution in [0.15, 0.2) is 30.3 Å². The summed E-state index contributed by atoms with van der Waals surface area (Å²) in [7, 11) is 2.53. The Kier molecular flexibility index (Phi) is 3.89. The Morgan fingerprint density at radius 1 is 1.05 bits per heavy atom. The third-order valence-corrected chi connectivity index (χ3v) is 3.05. The molecule has 1 heterocycles. The monoisotopic (exact) mass is 273 g/mol. The average Bonchev–Trinajstić information content (AvgIpc) is 2.91. The van der Waals surface area contributed by atoms with Crippen molar-refractivity contribution < 1.29 is 19.1 Å². The smallest absolute Gasteiger partial charge is 0.355 e. The Balaban J connectivity index is 2.57. The Bertz CT molecular complexity index is 624. The molecule has 0 radical (unpaired) electrons. The van der Waals surface area contributed by atoms with Crippen LogP contribution in [0.1, 0.15) is 26.4 Å². The van der Waals surface area contributed by atoms with Crippen molar-refractivity contribution in [2.75, 3.05) is 14.2 Å². The Labute approximate surface area is 116 Å². The zero-order valence-electron chi connectivity index (χ0n) is 11.5. The van der Waals surface area contributed by atoms with E-state index in [0.29, 0.717) is 5.69 Å². The van der Waals surface area contributed by atoms with E-state index in [4.69, 9.17) is 0 Å². The minimum absolute atomic E-state index is 0.0950. The van der Waals surface area contributed by atoms with Crippen molar-refractivity contribution in [1.82, 2.24) is 4.98 Å². The third kappa shape index (κ3) is 2.42. The van der Waals surface area contributed by atoms with Gasteiger partial charge >= 0.3 is 11.9 Å². The molecule has 0 atom stereocenters. The van der Waals surface area contributed by atoms with Crippen LogP contribution in [0.2, 0.25) is 0 Å². The zero-order chi connectivity index (χ0) is 14.7. The highest BCUT2D eigenvalue weighted by molar-refractivity contribution is 6.03. The van der Waals surface area contributed by atoms with E-state index in [9.17, 15) is 9.59 Å². The number of carbonyl (C=O) groups excluding carboxylic acids is 2. The van der Waals surface area contributed by atoms with Crippen LogP contribution in [0, 0.1) is 6.92 Å². The summed E-state index contributed by atoms with van der Waals surface area (Å²) < 4.78 is 9.36. The summed E-state index contributed by atoms with van der Waals surface area (Å²) in [4.78, 5) is 26.4. The number of carbonyl (C=O) groups is 2. The van der Waals surface area contributed by atoms with Crippen molar-refractivity contribution in [2.24, 2.45) is 0 Å². The van der Waals surface area contributed by atoms with Gasteiger partial charge in [0, 0.05) is 11.3 Å². The first-order valence-corrected chi connectivity index (χ1v) is 6.04. The quantitative estimate of drug-likeness (QED) is 0.873. The van der Waals surface area contributed by atoms with Gasteiger partial charge in [-0.3, -0.25) is 0 Å². The predicted molar refractivity (Wildman–Crippen MR) is 73.6 cm³/mol. The van der Waals surface area contributed by atoms with E-state index in [1.54, 1.807) is 6.07 Å². The van der Waals surface area contributed by atoms with E-state index < -0.39 is 11.9 Å². The molecule has 2 rings (SSSR count). The maximum atomic E-state index is 11.7. The molecule has 0 amide bonds. The number of ether oxygens (including phenoxy) is 2. The molecule has 5 heteroatoms. The van der Waals surface area contributed by atoms with Gasteiger partial charge in [0.2, 0.25) is 0 Å². The molecule has 0 unspecified atom stereocenters. The number of nitrogens with one attached hydrogen (secondary N) is 1. The number of aromatic nitrogens is 1. The normalized spacial score (nSPS) is 10.2. The van der Waals surface area contributed by atoms with Gasteiger partial charge in [-0.05, 0) is 18.6 Å². The molecule has 20 heavy (non-hydrogen) atoms. The van der Waals surface area contributed by atoms with Gasteiger partial charge in [-0.25, -0.2) is 9.59 Å². The number of H-pyrrole nitrogens is 1. The van der Waals surface area contributed by atoms with E-state index in [0.717, 1.165) is 11.1 Å². The summed E-state index contributed by atoms with van der Waals surface area (Å²) in [5.74, 6) is -1.19. The van der Waals surface area contributed by atoms with Crippen LogP contribution in [0.3, 0.4) is 0 Å². The molecule has 0 aliphatic carbocycles. The maximum absolute atomic E-state index is 11.7. The van der Waals surface area contributed by atoms with Crippen LogP contribution in [0.5, 0.6) is 0 Å². The molecule has 0 aliphatic heterocycles. The molecule has 0 spiro atoms. The minimum atomic E-state index is -0.606. The van der Waals surface area contributed by atoms with E-state index in [1.807, 2.05) is 31.2 Å². The second-order valence-corrected chi connectivity index (χ2v) is 4.27. The lowest BCUT2D eigenvalue weighted by molar-refractivity contribution is 0.0552. The fourth-order valence-corrected chi connectivity index (χ4v) is 2.01. The third-order valence-electron chi connectivity index (χ3n) is 3.05. The first-order valence-electron chi connectivity index (χ1n) is 6.04. The number of rotatable bonds is 3. The first kappa shape index (κ1) is 13.9. The summed E-state index contributed by atoms with van der Waals surface area (Å²) in [6.45, 7) is 1.95. The lowest BCUT2D eigenvalue weighted by Gasteiger charge is -2.02. The van der Waals surface area contributed by atoms with Gasteiger partial charge in [-0.15, -0.1) is 0 Å². The summed E-state index contributed by atoms with van der Waals surface area (Å²) in [6.07, 6.45) is 0. The van der Waals surface area contributed by atoms with Crippen LogP contribution in [-0.2, 0) is 9.47 Å². The average molecular weight is 273 g/mol. The minimum Gasteiger partial charge on any atom is -0.465 e. The molecular weight excluding hydrogens is 258 g/mol. The molecule has 0 bridgehead atoms. The molecule has 0 saturated heterocycles. The maximum Gasteiger partial charge on any atom is 0.355 e. The Morgan fingerprint density at radius 3 is 2.30 bits per heavy atom. The van der Waals surface area contributed by atoms with Gasteiger partial charge in [-0.1, -0.05) is 24.3 Å². The zero-order valence-corrected chi connectivity index (χ0v) is 11.5. The highest BCUT2D eigenvalue weighted by Gasteiger charge is 2.22. The second-order valence-electron chi connectivity index (χ2n) is 4.27. The van der Waals surface area contributed by atoms with E-state index >= 15 is 0 Å². The van der Waals surface area contributed by atoms with Gasteiger partial charge in [0.15, 0.2) is 0 Å². The number of hydrogen-bond donors (Lipinski definition) is 1. The molecule has 0 aliphatic rings. The van der Waals surface area contributed by atoms with Crippen LogP contribution >= 0.6 is 0 Å². The number of aryl methyl sites for hydroxylation is 1. The molecule has 2 aromatic rings. The summed E-state index contributed by atoms with van der Waals surface area (Å²) in [5.41, 5.74) is 2.87. The lowest BCUT2D eigenvalue weighted by Crippen LogP contribution is -2.10. The van der Waals surface area contributed by atoms with Crippen molar-refractivity contribution in [1.29, 1.82) is 0 Å². The molecule has 5 nitrogen and oxygen atoms in total. The second kappa shape index (κ2) is 5.61. The summed E-state index contributed by atoms with van der Waals surface area (Å²) in [6, 6.07) is 9.26. The fourth-order valence-electron chi connectivity index (χ4n) is 2.01. The number of methoxy groups -OCH3 is 2. The number of aromatic amines is 1. The molecule has 1 aromatic carbocycles. The van der Waals surface area contributed by atoms with Crippen LogP contribution in [0.4, 0.5) is 0 Å². The topological polar surface area (TPSA) is 68.4 Å². The van der Waals surface area contributed by atoms with E-state index in [1.165, 1.54) is 14.2 Å². The SMILES string of the molecule is COC(=O)c1cc(-c2ccccc2C)[nH]c1C(=O)OC. The van der Waals surface area contributed by atoms with Gasteiger partial charge < -0.3 is 14.5 Å². The number of hydrogen-bond acceptors (Lipinski definition) is 4. The van der Waals surface area contributed by atoms with E-state index in [2.05, 4.69) is 14.5 Å². The van der Waals surface area contributed by atoms with Crippen LogP contribution in [-0.4, -0.2) is 31.1 Å². The Hall–Kier alpha value is -2.56. The summed E-state index contributed by atoms with van der Waals surface area (Å²) in [5, 5.41) is 0. The van der Waals surface area contributed by atoms with Crippen molar-refractivity contribution in [3.63, 3.8) is 0 Å². The molecule has 0 fully saturated rings. The predicted octanol–water partition coefficient (Wildman–Crippen LogP) is 2.56. The van der Waals surface area contributed by atoms with Crippen molar-refractivity contribution >= 4 is 11.9 Å². The van der Waals surface area contributed by atoms with Gasteiger partial charge in [0.25, 0.3) is 0 Å². The van der Waals surface area contributed by atoms with Gasteiger partial charge in [0.05, 0.1) is 19.8 Å². The highest BCUT2D eigenvalue weighted by Crippen LogP contribution is 2.25. The molecule has 1 N–H and O–H groups in total. The molecule has 1 aromatic heterocycles. The highest BCUT2D eigenvalue weighted by atomic mass is 16.5. The van der Waals surface area contributed by atoms with E-state index in [-0.39, 0.29) is 11.3 Å². The largest absolute Gasteiger partial charge is 0.465 e. The van der Waals surface area contributed by atoms with Crippen molar-refractivity contribution in [3.05, 3.63) is 47.2 Å². The molecule has 0 saturated carbocycles. The standard InChI is InChI=1S/C15H15NO4/c1-9-6-4-5-7-10(9)12-8-11(14(17)19-2)13(16-12)15(18)20-3/h4-8,16H,1-3H3. The van der Waals surface area contributed by atoms with Crippen molar-refractivity contribution in [3.8, 4) is 11.3 Å². The van der Waals surface area contributed by atoms with Gasteiger partial charge in [0.1, 0.15) is 5.69 Å². The first-order chi connectivity index (χ1) is 9.58.